The van der Waals surface area contributed by atoms with E-state index in [9.17, 15) is 0 Å². The number of benzene rings is 2. The summed E-state index contributed by atoms with van der Waals surface area (Å²) in [5, 5.41) is 3.71. The summed E-state index contributed by atoms with van der Waals surface area (Å²) in [7, 11) is 1.73. The van der Waals surface area contributed by atoms with Gasteiger partial charge < -0.3 is 14.8 Å². The monoisotopic (exact) mass is 399 g/mol. The van der Waals surface area contributed by atoms with E-state index in [1.165, 1.54) is 28.0 Å². The molecule has 0 bridgehead atoms. The summed E-state index contributed by atoms with van der Waals surface area (Å²) in [4.78, 5) is 0. The molecule has 0 radical (unpaired) electrons. The van der Waals surface area contributed by atoms with Crippen molar-refractivity contribution in [2.45, 2.75) is 45.8 Å². The molecular formula is C27H29NO2. The fourth-order valence-electron chi connectivity index (χ4n) is 5.27. The molecule has 2 atom stereocenters. The molecule has 5 rings (SSSR count). The Labute approximate surface area is 179 Å². The molecule has 3 aliphatic rings. The summed E-state index contributed by atoms with van der Waals surface area (Å²) in [6, 6.07) is 10.5. The zero-order chi connectivity index (χ0) is 21.1. The van der Waals surface area contributed by atoms with Gasteiger partial charge in [0.25, 0.3) is 0 Å². The van der Waals surface area contributed by atoms with E-state index in [-0.39, 0.29) is 17.1 Å². The Balaban J connectivity index is 1.82. The fraction of sp³-hybridized carbons (Fsp3) is 0.333. The number of rotatable bonds is 2. The topological polar surface area (TPSA) is 30.5 Å². The van der Waals surface area contributed by atoms with Crippen LogP contribution in [0.15, 0.2) is 60.7 Å². The summed E-state index contributed by atoms with van der Waals surface area (Å²) >= 11 is 0. The largest absolute Gasteiger partial charge is 0.496 e. The summed E-state index contributed by atoms with van der Waals surface area (Å²) in [6.45, 7) is 8.93. The Hall–Kier alpha value is -2.94. The van der Waals surface area contributed by atoms with Crippen LogP contribution in [0.4, 0.5) is 5.69 Å². The van der Waals surface area contributed by atoms with E-state index >= 15 is 0 Å². The molecule has 0 aromatic heterocycles. The molecule has 0 fully saturated rings. The van der Waals surface area contributed by atoms with Gasteiger partial charge in [-0.25, -0.2) is 0 Å². The van der Waals surface area contributed by atoms with Crippen LogP contribution >= 0.6 is 0 Å². The maximum atomic E-state index is 6.79. The molecule has 2 heterocycles. The molecule has 30 heavy (non-hydrogen) atoms. The molecule has 2 aliphatic heterocycles. The van der Waals surface area contributed by atoms with Gasteiger partial charge in [-0.15, -0.1) is 0 Å². The summed E-state index contributed by atoms with van der Waals surface area (Å²) < 4.78 is 12.5. The van der Waals surface area contributed by atoms with Gasteiger partial charge >= 0.3 is 0 Å². The van der Waals surface area contributed by atoms with Gasteiger partial charge in [0.05, 0.1) is 18.2 Å². The molecule has 2 unspecified atom stereocenters. The third-order valence-corrected chi connectivity index (χ3v) is 6.54. The first-order valence-corrected chi connectivity index (χ1v) is 10.7. The minimum absolute atomic E-state index is 0.0800. The normalized spacial score (nSPS) is 25.2. The fourth-order valence-corrected chi connectivity index (χ4v) is 5.27. The lowest BCUT2D eigenvalue weighted by Crippen LogP contribution is -2.35. The maximum absolute atomic E-state index is 6.79. The third kappa shape index (κ3) is 2.79. The van der Waals surface area contributed by atoms with Gasteiger partial charge in [-0.2, -0.15) is 0 Å². The number of methoxy groups -OCH3 is 1. The Bertz CT molecular complexity index is 1120. The van der Waals surface area contributed by atoms with Crippen LogP contribution in [-0.2, 0) is 0 Å². The quantitative estimate of drug-likeness (QED) is 0.594. The maximum Gasteiger partial charge on any atom is 0.134 e. The first-order valence-electron chi connectivity index (χ1n) is 10.7. The van der Waals surface area contributed by atoms with Crippen LogP contribution < -0.4 is 14.8 Å². The highest BCUT2D eigenvalue weighted by molar-refractivity contribution is 5.91. The highest BCUT2D eigenvalue weighted by atomic mass is 16.5. The van der Waals surface area contributed by atoms with Crippen LogP contribution in [0.3, 0.4) is 0 Å². The van der Waals surface area contributed by atoms with Gasteiger partial charge in [0.15, 0.2) is 0 Å². The highest BCUT2D eigenvalue weighted by Crippen LogP contribution is 2.57. The average Bonchev–Trinajstić information content (AvgIpc) is 2.71. The Morgan fingerprint density at radius 1 is 1.07 bits per heavy atom. The molecule has 154 valence electrons. The molecule has 2 aromatic carbocycles. The molecule has 0 spiro atoms. The predicted octanol–water partition coefficient (Wildman–Crippen LogP) is 6.93. The van der Waals surface area contributed by atoms with Gasteiger partial charge in [-0.3, -0.25) is 0 Å². The Morgan fingerprint density at radius 2 is 1.90 bits per heavy atom. The van der Waals surface area contributed by atoms with Gasteiger partial charge in [0.2, 0.25) is 0 Å². The van der Waals surface area contributed by atoms with E-state index in [0.717, 1.165) is 23.5 Å². The number of nitrogens with one attached hydrogen (secondary N) is 1. The first-order chi connectivity index (χ1) is 14.3. The Morgan fingerprint density at radius 3 is 2.63 bits per heavy atom. The van der Waals surface area contributed by atoms with E-state index in [4.69, 9.17) is 9.47 Å². The Kier molecular flexibility index (Phi) is 4.15. The molecular weight excluding hydrogens is 370 g/mol. The number of allylic oxidation sites excluding steroid dienone is 4. The summed E-state index contributed by atoms with van der Waals surface area (Å²) in [5.41, 5.74) is 7.01. The van der Waals surface area contributed by atoms with Crippen molar-refractivity contribution >= 4 is 11.3 Å². The number of fused-ring (bicyclic) bond motifs is 5. The van der Waals surface area contributed by atoms with Crippen molar-refractivity contribution in [3.8, 4) is 22.6 Å². The second kappa shape index (κ2) is 6.53. The first kappa shape index (κ1) is 19.0. The van der Waals surface area contributed by atoms with Crippen LogP contribution in [0.25, 0.3) is 16.7 Å². The van der Waals surface area contributed by atoms with Crippen molar-refractivity contribution in [1.82, 2.24) is 0 Å². The zero-order valence-corrected chi connectivity index (χ0v) is 18.4. The highest BCUT2D eigenvalue weighted by Gasteiger charge is 2.43. The van der Waals surface area contributed by atoms with Gasteiger partial charge in [-0.1, -0.05) is 49.4 Å². The van der Waals surface area contributed by atoms with E-state index < -0.39 is 0 Å². The molecule has 0 saturated heterocycles. The predicted molar refractivity (Wildman–Crippen MR) is 124 cm³/mol. The van der Waals surface area contributed by atoms with E-state index in [0.29, 0.717) is 0 Å². The lowest BCUT2D eigenvalue weighted by molar-refractivity contribution is 0.0923. The van der Waals surface area contributed by atoms with Crippen LogP contribution in [0, 0.1) is 5.41 Å². The minimum Gasteiger partial charge on any atom is -0.496 e. The van der Waals surface area contributed by atoms with Crippen molar-refractivity contribution in [3.63, 3.8) is 0 Å². The van der Waals surface area contributed by atoms with Crippen molar-refractivity contribution in [1.29, 1.82) is 0 Å². The van der Waals surface area contributed by atoms with Crippen LogP contribution in [0.1, 0.15) is 51.3 Å². The molecule has 3 heteroatoms. The third-order valence-electron chi connectivity index (χ3n) is 6.54. The van der Waals surface area contributed by atoms with E-state index in [2.05, 4.69) is 81.6 Å². The number of hydrogen-bond donors (Lipinski definition) is 1. The number of hydrogen-bond acceptors (Lipinski definition) is 3. The molecule has 1 aliphatic carbocycles. The number of anilines is 1. The molecule has 1 N–H and O–H groups in total. The molecule has 0 saturated carbocycles. The zero-order valence-electron chi connectivity index (χ0n) is 18.4. The molecule has 0 amide bonds. The SMILES string of the molecule is COc1cccc2c1-c1ccc3c(c1C(C1(C)C=CC=CC1)O2)C(C)=CC(C)(C)N3. The summed E-state index contributed by atoms with van der Waals surface area (Å²) in [5.74, 6) is 1.74. The smallest absolute Gasteiger partial charge is 0.134 e. The summed E-state index contributed by atoms with van der Waals surface area (Å²) in [6.07, 6.45) is 12.0. The second-order valence-electron chi connectivity index (χ2n) is 9.45. The lowest BCUT2D eigenvalue weighted by atomic mass is 9.70. The van der Waals surface area contributed by atoms with Crippen molar-refractivity contribution in [2.24, 2.45) is 5.41 Å². The minimum atomic E-state index is -0.132. The van der Waals surface area contributed by atoms with Crippen LogP contribution in [0.2, 0.25) is 0 Å². The second-order valence-corrected chi connectivity index (χ2v) is 9.45. The van der Waals surface area contributed by atoms with Gasteiger partial charge in [0.1, 0.15) is 17.6 Å². The van der Waals surface area contributed by atoms with Crippen molar-refractivity contribution < 1.29 is 9.47 Å². The number of ether oxygens (including phenoxy) is 2. The average molecular weight is 400 g/mol. The van der Waals surface area contributed by atoms with E-state index in [1.54, 1.807) is 7.11 Å². The molecule has 2 aromatic rings. The lowest BCUT2D eigenvalue weighted by Gasteiger charge is -2.43. The standard InChI is InChI=1S/C27H29NO2/c1-17-16-26(2,3)28-19-13-12-18-23-20(29-5)10-9-11-21(23)30-25(24(18)22(17)19)27(4)14-7-6-8-15-27/h6-14,16,25,28H,15H2,1-5H3. The van der Waals surface area contributed by atoms with Crippen LogP contribution in [-0.4, -0.2) is 12.6 Å². The molecule has 3 nitrogen and oxygen atoms in total. The van der Waals surface area contributed by atoms with Crippen molar-refractivity contribution in [2.75, 3.05) is 12.4 Å². The van der Waals surface area contributed by atoms with E-state index in [1.807, 2.05) is 12.1 Å². The van der Waals surface area contributed by atoms with Crippen LogP contribution in [0.5, 0.6) is 11.5 Å². The van der Waals surface area contributed by atoms with Crippen molar-refractivity contribution in [3.05, 3.63) is 71.8 Å². The van der Waals surface area contributed by atoms with Gasteiger partial charge in [0, 0.05) is 22.2 Å². The van der Waals surface area contributed by atoms with Gasteiger partial charge in [-0.05, 0) is 56.5 Å².